The number of pyridine rings is 1. The van der Waals surface area contributed by atoms with Crippen LogP contribution >= 0.6 is 0 Å². The highest BCUT2D eigenvalue weighted by Gasteiger charge is 2.23. The number of nitrogens with zero attached hydrogens (tertiary/aromatic N) is 2. The SMILES string of the molecule is c1ccc2c(c1)oc1c(-c3ccc(-c4cn5ccccc5n4)c4ccccc34)c3oc4ccccc4c3cc12. The van der Waals surface area contributed by atoms with Crippen molar-refractivity contribution >= 4 is 60.3 Å². The van der Waals surface area contributed by atoms with Crippen LogP contribution < -0.4 is 0 Å². The first-order valence-electron chi connectivity index (χ1n) is 13.1. The Morgan fingerprint density at radius 2 is 1.08 bits per heavy atom. The molecule has 39 heavy (non-hydrogen) atoms. The summed E-state index contributed by atoms with van der Waals surface area (Å²) in [6.07, 6.45) is 4.12. The van der Waals surface area contributed by atoms with Crippen LogP contribution in [-0.2, 0) is 0 Å². The Morgan fingerprint density at radius 3 is 1.74 bits per heavy atom. The highest BCUT2D eigenvalue weighted by atomic mass is 16.3. The summed E-state index contributed by atoms with van der Waals surface area (Å²) in [5.41, 5.74) is 8.45. The van der Waals surface area contributed by atoms with E-state index in [0.29, 0.717) is 0 Å². The number of furan rings is 2. The van der Waals surface area contributed by atoms with Crippen molar-refractivity contribution in [2.24, 2.45) is 0 Å². The number of imidazole rings is 1. The maximum absolute atomic E-state index is 6.57. The topological polar surface area (TPSA) is 43.6 Å². The number of benzene rings is 5. The molecule has 0 aliphatic heterocycles. The second kappa shape index (κ2) is 7.59. The van der Waals surface area contributed by atoms with Crippen LogP contribution in [0.5, 0.6) is 0 Å². The van der Waals surface area contributed by atoms with Crippen LogP contribution in [0.1, 0.15) is 0 Å². The summed E-state index contributed by atoms with van der Waals surface area (Å²) in [7, 11) is 0. The third-order valence-electron chi connectivity index (χ3n) is 7.84. The fourth-order valence-corrected chi connectivity index (χ4v) is 6.09. The first-order valence-corrected chi connectivity index (χ1v) is 13.1. The maximum Gasteiger partial charge on any atom is 0.147 e. The fourth-order valence-electron chi connectivity index (χ4n) is 6.09. The van der Waals surface area contributed by atoms with Gasteiger partial charge in [-0.1, -0.05) is 78.9 Å². The normalized spacial score (nSPS) is 12.1. The predicted octanol–water partition coefficient (Wildman–Crippen LogP) is 9.62. The lowest BCUT2D eigenvalue weighted by atomic mass is 9.92. The molecule has 0 saturated heterocycles. The van der Waals surface area contributed by atoms with Crippen LogP contribution in [0.2, 0.25) is 0 Å². The highest BCUT2D eigenvalue weighted by Crippen LogP contribution is 2.46. The molecule has 0 saturated carbocycles. The quantitative estimate of drug-likeness (QED) is 0.237. The van der Waals surface area contributed by atoms with Crippen LogP contribution in [0.4, 0.5) is 0 Å². The zero-order valence-corrected chi connectivity index (χ0v) is 20.8. The van der Waals surface area contributed by atoms with E-state index < -0.39 is 0 Å². The third kappa shape index (κ3) is 2.85. The molecular weight excluding hydrogens is 480 g/mol. The van der Waals surface area contributed by atoms with Gasteiger partial charge in [-0.15, -0.1) is 0 Å². The van der Waals surface area contributed by atoms with Crippen molar-refractivity contribution in [3.8, 4) is 22.4 Å². The van der Waals surface area contributed by atoms with Crippen LogP contribution in [0, 0.1) is 0 Å². The van der Waals surface area contributed by atoms with Crippen molar-refractivity contribution in [1.29, 1.82) is 0 Å². The molecule has 0 bridgehead atoms. The first-order chi connectivity index (χ1) is 19.3. The lowest BCUT2D eigenvalue weighted by Gasteiger charge is -2.12. The Hall–Kier alpha value is -5.35. The summed E-state index contributed by atoms with van der Waals surface area (Å²) in [6, 6.07) is 37.7. The molecule has 4 heteroatoms. The Bertz CT molecular complexity index is 2280. The fraction of sp³-hybridized carbons (Fsp3) is 0. The molecule has 0 spiro atoms. The van der Waals surface area contributed by atoms with Gasteiger partial charge in [-0.3, -0.25) is 0 Å². The molecule has 9 aromatic rings. The Kier molecular flexibility index (Phi) is 4.02. The van der Waals surface area contributed by atoms with Gasteiger partial charge in [-0.2, -0.15) is 0 Å². The van der Waals surface area contributed by atoms with E-state index in [4.69, 9.17) is 13.8 Å². The number of fused-ring (bicyclic) bond motifs is 8. The van der Waals surface area contributed by atoms with Gasteiger partial charge >= 0.3 is 0 Å². The Morgan fingerprint density at radius 1 is 0.513 bits per heavy atom. The van der Waals surface area contributed by atoms with E-state index in [9.17, 15) is 0 Å². The van der Waals surface area contributed by atoms with Gasteiger partial charge in [0.05, 0.1) is 11.3 Å². The molecule has 4 heterocycles. The predicted molar refractivity (Wildman–Crippen MR) is 158 cm³/mol. The third-order valence-corrected chi connectivity index (χ3v) is 7.84. The highest BCUT2D eigenvalue weighted by molar-refractivity contribution is 6.24. The smallest absolute Gasteiger partial charge is 0.147 e. The molecule has 0 fully saturated rings. The minimum absolute atomic E-state index is 0.841. The molecule has 5 aromatic carbocycles. The number of hydrogen-bond acceptors (Lipinski definition) is 3. The monoisotopic (exact) mass is 500 g/mol. The van der Waals surface area contributed by atoms with E-state index >= 15 is 0 Å². The van der Waals surface area contributed by atoms with E-state index in [0.717, 1.165) is 82.7 Å². The van der Waals surface area contributed by atoms with Crippen LogP contribution in [0.25, 0.3) is 82.7 Å². The number of para-hydroxylation sites is 2. The maximum atomic E-state index is 6.57. The zero-order valence-electron chi connectivity index (χ0n) is 20.8. The molecule has 4 aromatic heterocycles. The van der Waals surface area contributed by atoms with Gasteiger partial charge in [0.15, 0.2) is 0 Å². The van der Waals surface area contributed by atoms with E-state index in [1.165, 1.54) is 0 Å². The molecular formula is C35H20N2O2. The van der Waals surface area contributed by atoms with Crippen LogP contribution in [0.3, 0.4) is 0 Å². The summed E-state index contributed by atoms with van der Waals surface area (Å²) < 4.78 is 15.2. The van der Waals surface area contributed by atoms with Crippen molar-refractivity contribution in [3.05, 3.63) is 122 Å². The summed E-state index contributed by atoms with van der Waals surface area (Å²) in [4.78, 5) is 4.92. The standard InChI is InChI=1S/C35H20N2O2/c1-2-10-22-21(9-1)23(29-20-37-18-8-7-15-32(37)36-29)16-17-26(22)33-34-27(24-11-3-5-13-30(24)38-34)19-28-25-12-4-6-14-31(25)39-35(28)33/h1-20H. The molecule has 0 atom stereocenters. The van der Waals surface area contributed by atoms with Gasteiger partial charge in [-0.25, -0.2) is 4.98 Å². The largest absolute Gasteiger partial charge is 0.455 e. The molecule has 0 radical (unpaired) electrons. The van der Waals surface area contributed by atoms with Gasteiger partial charge in [0, 0.05) is 39.5 Å². The average Bonchev–Trinajstić information content (AvgIpc) is 3.69. The van der Waals surface area contributed by atoms with E-state index in [-0.39, 0.29) is 0 Å². The second-order valence-electron chi connectivity index (χ2n) is 10.00. The van der Waals surface area contributed by atoms with Crippen molar-refractivity contribution in [3.63, 3.8) is 0 Å². The average molecular weight is 501 g/mol. The first kappa shape index (κ1) is 20.7. The molecule has 0 aliphatic rings. The Balaban J connectivity index is 1.42. The second-order valence-corrected chi connectivity index (χ2v) is 10.00. The van der Waals surface area contributed by atoms with Gasteiger partial charge in [0.2, 0.25) is 0 Å². The zero-order chi connectivity index (χ0) is 25.5. The number of aromatic nitrogens is 2. The molecule has 0 unspecified atom stereocenters. The molecule has 0 aliphatic carbocycles. The number of rotatable bonds is 2. The summed E-state index contributed by atoms with van der Waals surface area (Å²) >= 11 is 0. The van der Waals surface area contributed by atoms with E-state index in [1.807, 2.05) is 48.7 Å². The summed E-state index contributed by atoms with van der Waals surface area (Å²) in [5, 5.41) is 6.65. The lowest BCUT2D eigenvalue weighted by Crippen LogP contribution is -1.88. The van der Waals surface area contributed by atoms with Crippen LogP contribution in [-0.4, -0.2) is 9.38 Å². The summed E-state index contributed by atoms with van der Waals surface area (Å²) in [5.74, 6) is 0. The van der Waals surface area contributed by atoms with Gasteiger partial charge in [-0.05, 0) is 46.7 Å². The van der Waals surface area contributed by atoms with E-state index in [1.54, 1.807) is 0 Å². The summed E-state index contributed by atoms with van der Waals surface area (Å²) in [6.45, 7) is 0. The molecule has 4 nitrogen and oxygen atoms in total. The van der Waals surface area contributed by atoms with Crippen molar-refractivity contribution in [2.45, 2.75) is 0 Å². The minimum atomic E-state index is 0.841. The number of hydrogen-bond donors (Lipinski definition) is 0. The van der Waals surface area contributed by atoms with Gasteiger partial charge < -0.3 is 13.2 Å². The molecule has 0 N–H and O–H groups in total. The molecule has 9 rings (SSSR count). The van der Waals surface area contributed by atoms with Crippen molar-refractivity contribution < 1.29 is 8.83 Å². The van der Waals surface area contributed by atoms with Crippen molar-refractivity contribution in [1.82, 2.24) is 9.38 Å². The van der Waals surface area contributed by atoms with Crippen molar-refractivity contribution in [2.75, 3.05) is 0 Å². The Labute approximate surface area is 222 Å². The van der Waals surface area contributed by atoms with E-state index in [2.05, 4.69) is 77.3 Å². The van der Waals surface area contributed by atoms with Gasteiger partial charge in [0.1, 0.15) is 28.0 Å². The lowest BCUT2D eigenvalue weighted by molar-refractivity contribution is 0.658. The molecule has 182 valence electrons. The van der Waals surface area contributed by atoms with Crippen LogP contribution in [0.15, 0.2) is 130 Å². The minimum Gasteiger partial charge on any atom is -0.455 e. The van der Waals surface area contributed by atoms with Gasteiger partial charge in [0.25, 0.3) is 0 Å². The molecule has 0 amide bonds.